The van der Waals surface area contributed by atoms with E-state index in [1.54, 1.807) is 0 Å². The van der Waals surface area contributed by atoms with E-state index in [2.05, 4.69) is 56.1 Å². The largest absolute Gasteiger partial charge is 0.298 e. The zero-order chi connectivity index (χ0) is 20.5. The van der Waals surface area contributed by atoms with Gasteiger partial charge in [0.25, 0.3) is 0 Å². The van der Waals surface area contributed by atoms with Crippen molar-refractivity contribution in [2.75, 3.05) is 13.1 Å². The third-order valence-corrected chi connectivity index (χ3v) is 6.78. The maximum atomic E-state index is 6.34. The highest BCUT2D eigenvalue weighted by Crippen LogP contribution is 2.38. The van der Waals surface area contributed by atoms with Crippen LogP contribution in [0, 0.1) is 0 Å². The molecule has 152 valence electrons. The summed E-state index contributed by atoms with van der Waals surface area (Å²) in [5.41, 5.74) is 9.28. The fraction of sp³-hybridized carbons (Fsp3) is 0.280. The molecular weight excluding hydrogens is 458 g/mol. The molecule has 0 saturated carbocycles. The molecule has 0 amide bonds. The first-order chi connectivity index (χ1) is 14.7. The van der Waals surface area contributed by atoms with Gasteiger partial charge in [0.1, 0.15) is 0 Å². The molecule has 1 saturated heterocycles. The van der Waals surface area contributed by atoms with Crippen LogP contribution in [-0.2, 0) is 19.4 Å². The summed E-state index contributed by atoms with van der Waals surface area (Å²) in [6.45, 7) is 3.04. The maximum absolute atomic E-state index is 6.34. The van der Waals surface area contributed by atoms with Gasteiger partial charge >= 0.3 is 0 Å². The first-order valence-corrected chi connectivity index (χ1v) is 11.6. The Balaban J connectivity index is 1.47. The van der Waals surface area contributed by atoms with Crippen LogP contribution in [0.4, 0.5) is 0 Å². The number of benzene rings is 1. The van der Waals surface area contributed by atoms with E-state index in [0.29, 0.717) is 0 Å². The van der Waals surface area contributed by atoms with Gasteiger partial charge in [-0.3, -0.25) is 14.9 Å². The van der Waals surface area contributed by atoms with Crippen molar-refractivity contribution in [3.8, 4) is 0 Å². The zero-order valence-electron chi connectivity index (χ0n) is 16.7. The lowest BCUT2D eigenvalue weighted by atomic mass is 9.88. The molecule has 0 N–H and O–H groups in total. The third kappa shape index (κ3) is 4.09. The number of halogens is 2. The van der Waals surface area contributed by atoms with Crippen LogP contribution < -0.4 is 0 Å². The van der Waals surface area contributed by atoms with Gasteiger partial charge in [-0.15, -0.1) is 0 Å². The Bertz CT molecular complexity index is 1110. The lowest BCUT2D eigenvalue weighted by Crippen LogP contribution is -2.30. The highest BCUT2D eigenvalue weighted by molar-refractivity contribution is 9.10. The molecule has 0 radical (unpaired) electrons. The van der Waals surface area contributed by atoms with Crippen LogP contribution in [0.5, 0.6) is 0 Å². The average Bonchev–Trinajstić information content (AvgIpc) is 2.91. The molecule has 5 rings (SSSR count). The van der Waals surface area contributed by atoms with E-state index in [1.165, 1.54) is 39.1 Å². The molecule has 0 unspecified atom stereocenters. The summed E-state index contributed by atoms with van der Waals surface area (Å²) < 4.78 is 1.04. The topological polar surface area (TPSA) is 29.0 Å². The molecule has 0 spiro atoms. The van der Waals surface area contributed by atoms with Crippen LogP contribution in [0.1, 0.15) is 40.8 Å². The van der Waals surface area contributed by atoms with Crippen LogP contribution in [0.25, 0.3) is 5.57 Å². The van der Waals surface area contributed by atoms with Crippen molar-refractivity contribution in [1.82, 2.24) is 14.9 Å². The van der Waals surface area contributed by atoms with E-state index in [-0.39, 0.29) is 0 Å². The molecule has 2 aliphatic rings. The molecule has 3 aromatic rings. The summed E-state index contributed by atoms with van der Waals surface area (Å²) in [6, 6.07) is 12.8. The van der Waals surface area contributed by atoms with Crippen LogP contribution in [0.2, 0.25) is 5.02 Å². The zero-order valence-corrected chi connectivity index (χ0v) is 19.1. The second kappa shape index (κ2) is 8.62. The van der Waals surface area contributed by atoms with Crippen molar-refractivity contribution < 1.29 is 0 Å². The number of nitrogens with zero attached hydrogens (tertiary/aromatic N) is 3. The lowest BCUT2D eigenvalue weighted by Gasteiger charge is -2.30. The Morgan fingerprint density at radius 1 is 0.967 bits per heavy atom. The molecule has 30 heavy (non-hydrogen) atoms. The smallest absolute Gasteiger partial charge is 0.0739 e. The molecule has 3 nitrogen and oxygen atoms in total. The fourth-order valence-corrected chi connectivity index (χ4v) is 5.27. The molecule has 1 fully saturated rings. The van der Waals surface area contributed by atoms with E-state index >= 15 is 0 Å². The van der Waals surface area contributed by atoms with Crippen molar-refractivity contribution in [2.45, 2.75) is 32.2 Å². The minimum atomic E-state index is 0.814. The molecule has 0 bridgehead atoms. The van der Waals surface area contributed by atoms with E-state index in [1.807, 2.05) is 24.7 Å². The van der Waals surface area contributed by atoms with Gasteiger partial charge in [0.15, 0.2) is 0 Å². The molecule has 1 aliphatic carbocycles. The number of hydrogen-bond donors (Lipinski definition) is 0. The summed E-state index contributed by atoms with van der Waals surface area (Å²) in [4.78, 5) is 11.7. The number of fused-ring (bicyclic) bond motifs is 2. The van der Waals surface area contributed by atoms with Gasteiger partial charge in [-0.25, -0.2) is 0 Å². The molecular formula is C25H23BrClN3. The lowest BCUT2D eigenvalue weighted by molar-refractivity contribution is 0.248. The van der Waals surface area contributed by atoms with Gasteiger partial charge in [-0.1, -0.05) is 29.3 Å². The Labute approximate surface area is 190 Å². The van der Waals surface area contributed by atoms with Gasteiger partial charge in [0.05, 0.1) is 5.69 Å². The predicted octanol–water partition coefficient (Wildman–Crippen LogP) is 6.09. The van der Waals surface area contributed by atoms with Crippen LogP contribution in [-0.4, -0.2) is 28.0 Å². The standard InChI is InChI=1S/C25H23BrClN3/c26-21-12-17(14-28-15-21)16-30-10-7-18(8-11-30)24-23-6-5-22(27)13-20(23)4-3-19-2-1-9-29-25(19)24/h1-2,5-6,9,12-15H,3-4,7-8,10-11,16H2. The van der Waals surface area contributed by atoms with Crippen LogP contribution in [0.15, 0.2) is 65.0 Å². The summed E-state index contributed by atoms with van der Waals surface area (Å²) in [7, 11) is 0. The number of likely N-dealkylation sites (tertiary alicyclic amines) is 1. The van der Waals surface area contributed by atoms with E-state index < -0.39 is 0 Å². The fourth-order valence-electron chi connectivity index (χ4n) is 4.66. The van der Waals surface area contributed by atoms with E-state index in [0.717, 1.165) is 54.8 Å². The molecule has 5 heteroatoms. The monoisotopic (exact) mass is 479 g/mol. The number of pyridine rings is 2. The number of aromatic nitrogens is 2. The van der Waals surface area contributed by atoms with Gasteiger partial charge in [-0.05, 0) is 88.1 Å². The number of aryl methyl sites for hydroxylation is 2. The Morgan fingerprint density at radius 2 is 1.80 bits per heavy atom. The minimum Gasteiger partial charge on any atom is -0.298 e. The number of hydrogen-bond acceptors (Lipinski definition) is 3. The quantitative estimate of drug-likeness (QED) is 0.444. The van der Waals surface area contributed by atoms with Crippen LogP contribution in [0.3, 0.4) is 0 Å². The SMILES string of the molecule is Clc1ccc2c(c1)CCc1cccnc1C2=C1CCN(Cc2cncc(Br)c2)CC1. The van der Waals surface area contributed by atoms with Gasteiger partial charge in [-0.2, -0.15) is 0 Å². The van der Waals surface area contributed by atoms with Crippen molar-refractivity contribution >= 4 is 33.1 Å². The highest BCUT2D eigenvalue weighted by Gasteiger charge is 2.25. The summed E-state index contributed by atoms with van der Waals surface area (Å²) >= 11 is 9.86. The molecule has 1 aliphatic heterocycles. The van der Waals surface area contributed by atoms with Gasteiger partial charge in [0, 0.05) is 53.3 Å². The Hall–Kier alpha value is -2.01. The van der Waals surface area contributed by atoms with Crippen molar-refractivity contribution in [3.63, 3.8) is 0 Å². The highest BCUT2D eigenvalue weighted by atomic mass is 79.9. The first kappa shape index (κ1) is 19.9. The van der Waals surface area contributed by atoms with E-state index in [9.17, 15) is 0 Å². The summed E-state index contributed by atoms with van der Waals surface area (Å²) in [6.07, 6.45) is 9.87. The normalized spacial score (nSPS) is 16.7. The predicted molar refractivity (Wildman–Crippen MR) is 126 cm³/mol. The minimum absolute atomic E-state index is 0.814. The molecule has 1 aromatic carbocycles. The molecule has 2 aromatic heterocycles. The first-order valence-electron chi connectivity index (χ1n) is 10.4. The Morgan fingerprint density at radius 3 is 2.63 bits per heavy atom. The van der Waals surface area contributed by atoms with Crippen LogP contribution >= 0.6 is 27.5 Å². The van der Waals surface area contributed by atoms with Gasteiger partial charge < -0.3 is 0 Å². The molecule has 3 heterocycles. The van der Waals surface area contributed by atoms with E-state index in [4.69, 9.17) is 16.6 Å². The number of piperidine rings is 1. The summed E-state index contributed by atoms with van der Waals surface area (Å²) in [5.74, 6) is 0. The third-order valence-electron chi connectivity index (χ3n) is 6.11. The summed E-state index contributed by atoms with van der Waals surface area (Å²) in [5, 5.41) is 0.814. The average molecular weight is 481 g/mol. The van der Waals surface area contributed by atoms with Crippen molar-refractivity contribution in [1.29, 1.82) is 0 Å². The second-order valence-corrected chi connectivity index (χ2v) is 9.43. The van der Waals surface area contributed by atoms with Crippen molar-refractivity contribution in [2.24, 2.45) is 0 Å². The van der Waals surface area contributed by atoms with Crippen molar-refractivity contribution in [3.05, 3.63) is 98.0 Å². The number of rotatable bonds is 2. The Kier molecular flexibility index (Phi) is 5.72. The van der Waals surface area contributed by atoms with Gasteiger partial charge in [0.2, 0.25) is 0 Å². The second-order valence-electron chi connectivity index (χ2n) is 8.08. The maximum Gasteiger partial charge on any atom is 0.0739 e. The molecule has 0 atom stereocenters.